The van der Waals surface area contributed by atoms with Crippen LogP contribution in [0.5, 0.6) is 0 Å². The third-order valence-corrected chi connectivity index (χ3v) is 5.84. The number of urea groups is 1. The average Bonchev–Trinajstić information content (AvgIpc) is 2.85. The first-order valence-electron chi connectivity index (χ1n) is 11.7. The third-order valence-electron chi connectivity index (χ3n) is 5.84. The molecule has 3 aromatic rings. The Labute approximate surface area is 206 Å². The minimum Gasteiger partial charge on any atom is -0.336 e. The van der Waals surface area contributed by atoms with Crippen LogP contribution in [0.2, 0.25) is 0 Å². The van der Waals surface area contributed by atoms with E-state index in [0.717, 1.165) is 17.5 Å². The lowest BCUT2D eigenvalue weighted by Crippen LogP contribution is -2.37. The highest BCUT2D eigenvalue weighted by Crippen LogP contribution is 2.20. The molecule has 7 nitrogen and oxygen atoms in total. The number of nitrogens with one attached hydrogen (secondary N) is 4. The zero-order chi connectivity index (χ0) is 25.4. The maximum absolute atomic E-state index is 13.2. The molecule has 0 fully saturated rings. The molecule has 0 heterocycles. The molecule has 3 rings (SSSR count). The predicted octanol–water partition coefficient (Wildman–Crippen LogP) is 5.33. The molecule has 182 valence electrons. The van der Waals surface area contributed by atoms with Crippen molar-refractivity contribution in [2.75, 3.05) is 10.6 Å². The molecule has 7 heteroatoms. The Morgan fingerprint density at radius 2 is 1.43 bits per heavy atom. The molecular weight excluding hydrogens is 440 g/mol. The van der Waals surface area contributed by atoms with Gasteiger partial charge in [-0.15, -0.1) is 0 Å². The van der Waals surface area contributed by atoms with Crippen molar-refractivity contribution in [3.8, 4) is 0 Å². The first-order valence-corrected chi connectivity index (χ1v) is 11.7. The van der Waals surface area contributed by atoms with Crippen LogP contribution in [0.4, 0.5) is 16.2 Å². The van der Waals surface area contributed by atoms with Crippen LogP contribution in [-0.2, 0) is 4.79 Å². The van der Waals surface area contributed by atoms with Gasteiger partial charge in [-0.2, -0.15) is 0 Å². The largest absolute Gasteiger partial charge is 0.336 e. The van der Waals surface area contributed by atoms with Crippen molar-refractivity contribution in [1.82, 2.24) is 10.6 Å². The highest BCUT2D eigenvalue weighted by molar-refractivity contribution is 6.02. The van der Waals surface area contributed by atoms with Gasteiger partial charge in [-0.25, -0.2) is 4.79 Å². The van der Waals surface area contributed by atoms with Gasteiger partial charge in [0.2, 0.25) is 0 Å². The lowest BCUT2D eigenvalue weighted by atomic mass is 10.0. The first kappa shape index (κ1) is 25.5. The van der Waals surface area contributed by atoms with Crippen molar-refractivity contribution in [3.63, 3.8) is 0 Å². The molecule has 2 unspecified atom stereocenters. The van der Waals surface area contributed by atoms with E-state index in [4.69, 9.17) is 0 Å². The smallest absolute Gasteiger partial charge is 0.319 e. The van der Waals surface area contributed by atoms with Gasteiger partial charge in [0.05, 0.1) is 0 Å². The second kappa shape index (κ2) is 11.8. The monoisotopic (exact) mass is 472 g/mol. The van der Waals surface area contributed by atoms with Crippen LogP contribution in [-0.4, -0.2) is 23.9 Å². The minimum absolute atomic E-state index is 0.0601. The topological polar surface area (TPSA) is 99.3 Å². The summed E-state index contributed by atoms with van der Waals surface area (Å²) in [5.41, 5.74) is 4.47. The van der Waals surface area contributed by atoms with Crippen molar-refractivity contribution in [2.24, 2.45) is 0 Å². The normalized spacial score (nSPS) is 12.2. The number of carbonyl (C=O) groups excluding carboxylic acids is 3. The van der Waals surface area contributed by atoms with Gasteiger partial charge < -0.3 is 21.3 Å². The van der Waals surface area contributed by atoms with Crippen LogP contribution in [0.3, 0.4) is 0 Å². The molecule has 0 bridgehead atoms. The second-order valence-corrected chi connectivity index (χ2v) is 8.59. The maximum Gasteiger partial charge on any atom is 0.319 e. The Morgan fingerprint density at radius 3 is 2.06 bits per heavy atom. The molecule has 0 saturated carbocycles. The molecule has 4 N–H and O–H groups in total. The molecule has 4 amide bonds. The Bertz CT molecular complexity index is 1180. The molecule has 0 aliphatic heterocycles. The van der Waals surface area contributed by atoms with E-state index in [1.807, 2.05) is 64.1 Å². The van der Waals surface area contributed by atoms with Gasteiger partial charge in [0.1, 0.15) is 6.04 Å². The molecule has 3 aromatic carbocycles. The van der Waals surface area contributed by atoms with Crippen LogP contribution < -0.4 is 21.3 Å². The summed E-state index contributed by atoms with van der Waals surface area (Å²) >= 11 is 0. The summed E-state index contributed by atoms with van der Waals surface area (Å²) in [7, 11) is 0. The molecule has 0 aliphatic rings. The Morgan fingerprint density at radius 1 is 0.771 bits per heavy atom. The van der Waals surface area contributed by atoms with Gasteiger partial charge >= 0.3 is 6.03 Å². The van der Waals surface area contributed by atoms with Gasteiger partial charge in [-0.05, 0) is 80.3 Å². The van der Waals surface area contributed by atoms with E-state index in [-0.39, 0.29) is 18.0 Å². The number of aryl methyl sites for hydroxylation is 2. The molecule has 0 spiro atoms. The summed E-state index contributed by atoms with van der Waals surface area (Å²) in [4.78, 5) is 38.2. The van der Waals surface area contributed by atoms with Gasteiger partial charge in [0.15, 0.2) is 0 Å². The van der Waals surface area contributed by atoms with Crippen LogP contribution in [0.1, 0.15) is 53.4 Å². The highest BCUT2D eigenvalue weighted by Gasteiger charge is 2.23. The number of carbonyl (C=O) groups is 3. The standard InChI is InChI=1S/C28H32N4O3/c1-5-20(4)29-28(35)31-23-15-12-22(13-16-23)26(33)32-25(21-9-7-6-8-10-21)27(34)30-24-14-11-18(2)19(3)17-24/h6-17,20,25H,5H2,1-4H3,(H,30,34)(H,32,33)(H2,29,31,35). The van der Waals surface area contributed by atoms with Crippen LogP contribution >= 0.6 is 0 Å². The Kier molecular flexibility index (Phi) is 8.62. The number of benzene rings is 3. The van der Waals surface area contributed by atoms with E-state index in [9.17, 15) is 14.4 Å². The molecule has 2 atom stereocenters. The quantitative estimate of drug-likeness (QED) is 0.356. The van der Waals surface area contributed by atoms with E-state index < -0.39 is 11.9 Å². The Hall–Kier alpha value is -4.13. The van der Waals surface area contributed by atoms with E-state index >= 15 is 0 Å². The number of anilines is 2. The van der Waals surface area contributed by atoms with E-state index in [1.165, 1.54) is 0 Å². The zero-order valence-electron chi connectivity index (χ0n) is 20.5. The molecule has 0 radical (unpaired) electrons. The van der Waals surface area contributed by atoms with Crippen molar-refractivity contribution in [2.45, 2.75) is 46.2 Å². The molecule has 0 aliphatic carbocycles. The maximum atomic E-state index is 13.2. The summed E-state index contributed by atoms with van der Waals surface area (Å²) in [5.74, 6) is -0.738. The fourth-order valence-electron chi connectivity index (χ4n) is 3.39. The third kappa shape index (κ3) is 7.17. The molecule has 35 heavy (non-hydrogen) atoms. The lowest BCUT2D eigenvalue weighted by Gasteiger charge is -2.19. The number of hydrogen-bond acceptors (Lipinski definition) is 3. The van der Waals surface area contributed by atoms with Crippen molar-refractivity contribution in [1.29, 1.82) is 0 Å². The number of rotatable bonds is 8. The summed E-state index contributed by atoms with van der Waals surface area (Å²) in [6, 6.07) is 20.2. The first-order chi connectivity index (χ1) is 16.8. The second-order valence-electron chi connectivity index (χ2n) is 8.59. The van der Waals surface area contributed by atoms with Gasteiger partial charge in [0.25, 0.3) is 11.8 Å². The summed E-state index contributed by atoms with van der Waals surface area (Å²) < 4.78 is 0. The lowest BCUT2D eigenvalue weighted by molar-refractivity contribution is -0.118. The fourth-order valence-corrected chi connectivity index (χ4v) is 3.39. The zero-order valence-corrected chi connectivity index (χ0v) is 20.5. The predicted molar refractivity (Wildman–Crippen MR) is 140 cm³/mol. The van der Waals surface area contributed by atoms with Gasteiger partial charge in [-0.3, -0.25) is 9.59 Å². The van der Waals surface area contributed by atoms with Gasteiger partial charge in [-0.1, -0.05) is 43.3 Å². The molecule has 0 aromatic heterocycles. The molecular formula is C28H32N4O3. The number of hydrogen-bond donors (Lipinski definition) is 4. The summed E-state index contributed by atoms with van der Waals surface area (Å²) in [5, 5.41) is 11.3. The van der Waals surface area contributed by atoms with Crippen molar-refractivity contribution in [3.05, 3.63) is 95.1 Å². The van der Waals surface area contributed by atoms with Gasteiger partial charge in [0, 0.05) is 23.0 Å². The average molecular weight is 473 g/mol. The van der Waals surface area contributed by atoms with Crippen LogP contribution in [0.25, 0.3) is 0 Å². The van der Waals surface area contributed by atoms with Crippen molar-refractivity contribution >= 4 is 29.2 Å². The van der Waals surface area contributed by atoms with E-state index in [0.29, 0.717) is 22.5 Å². The van der Waals surface area contributed by atoms with Crippen LogP contribution in [0, 0.1) is 13.8 Å². The molecule has 0 saturated heterocycles. The SMILES string of the molecule is CCC(C)NC(=O)Nc1ccc(C(=O)NC(C(=O)Nc2ccc(C)c(C)c2)c2ccccc2)cc1. The Balaban J connectivity index is 1.72. The summed E-state index contributed by atoms with van der Waals surface area (Å²) in [6.07, 6.45) is 0.826. The minimum atomic E-state index is -0.885. The fraction of sp³-hybridized carbons (Fsp3) is 0.250. The van der Waals surface area contributed by atoms with Crippen molar-refractivity contribution < 1.29 is 14.4 Å². The van der Waals surface area contributed by atoms with E-state index in [2.05, 4.69) is 21.3 Å². The summed E-state index contributed by atoms with van der Waals surface area (Å²) in [6.45, 7) is 7.90. The van der Waals surface area contributed by atoms with E-state index in [1.54, 1.807) is 36.4 Å². The van der Waals surface area contributed by atoms with Crippen LogP contribution in [0.15, 0.2) is 72.8 Å². The number of amides is 4. The highest BCUT2D eigenvalue weighted by atomic mass is 16.2.